The summed E-state index contributed by atoms with van der Waals surface area (Å²) in [4.78, 5) is 10.9. The largest absolute Gasteiger partial charge is 0.479 e. The predicted octanol–water partition coefficient (Wildman–Crippen LogP) is 2.04. The minimum absolute atomic E-state index is 0.450. The summed E-state index contributed by atoms with van der Waals surface area (Å²) >= 11 is 5.80. The lowest BCUT2D eigenvalue weighted by Crippen LogP contribution is -2.22. The molecule has 1 aromatic rings. The van der Waals surface area contributed by atoms with E-state index in [9.17, 15) is 4.79 Å². The molecule has 0 aliphatic carbocycles. The molecular weight excluding hydrogens is 204 g/mol. The van der Waals surface area contributed by atoms with Crippen LogP contribution in [0.25, 0.3) is 0 Å². The summed E-state index contributed by atoms with van der Waals surface area (Å²) in [7, 11) is 0. The first-order valence-corrected chi connectivity index (χ1v) is 4.69. The number of halogens is 1. The molecule has 1 atom stereocenters. The molecule has 3 nitrogen and oxygen atoms in total. The van der Waals surface area contributed by atoms with E-state index in [4.69, 9.17) is 21.4 Å². The Bertz CT molecular complexity index is 376. The minimum Gasteiger partial charge on any atom is -0.479 e. The van der Waals surface area contributed by atoms with Crippen molar-refractivity contribution in [1.29, 1.82) is 0 Å². The van der Waals surface area contributed by atoms with Gasteiger partial charge in [0, 0.05) is 5.02 Å². The van der Waals surface area contributed by atoms with E-state index in [1.54, 1.807) is 12.1 Å². The summed E-state index contributed by atoms with van der Waals surface area (Å²) in [6, 6.07) is 5.29. The molecule has 0 saturated heterocycles. The molecule has 0 aromatic heterocycles. The van der Waals surface area contributed by atoms with Gasteiger partial charge in [-0.25, -0.2) is 4.79 Å². The zero-order valence-corrected chi connectivity index (χ0v) is 8.12. The monoisotopic (exact) mass is 212 g/mol. The highest BCUT2D eigenvalue weighted by molar-refractivity contribution is 6.30. The van der Waals surface area contributed by atoms with Crippen LogP contribution >= 0.6 is 11.6 Å². The van der Waals surface area contributed by atoms with Gasteiger partial charge < -0.3 is 9.84 Å². The lowest BCUT2D eigenvalue weighted by atomic mass is 9.98. The number of carboxylic acids is 1. The van der Waals surface area contributed by atoms with Crippen LogP contribution in [0.2, 0.25) is 5.02 Å². The van der Waals surface area contributed by atoms with Gasteiger partial charge in [0.15, 0.2) is 6.10 Å². The van der Waals surface area contributed by atoms with E-state index in [0.717, 1.165) is 12.0 Å². The van der Waals surface area contributed by atoms with E-state index in [-0.39, 0.29) is 0 Å². The highest BCUT2D eigenvalue weighted by atomic mass is 35.5. The van der Waals surface area contributed by atoms with Crippen LogP contribution in [0.1, 0.15) is 17.2 Å². The smallest absolute Gasteiger partial charge is 0.337 e. The maximum Gasteiger partial charge on any atom is 0.337 e. The molecule has 0 radical (unpaired) electrons. The third-order valence-electron chi connectivity index (χ3n) is 2.27. The molecule has 0 fully saturated rings. The summed E-state index contributed by atoms with van der Waals surface area (Å²) in [6.07, 6.45) is -0.117. The van der Waals surface area contributed by atoms with E-state index in [2.05, 4.69) is 0 Å². The SMILES string of the molecule is O=C(O)C1OCCc2ccc(Cl)cc21. The number of benzene rings is 1. The Balaban J connectivity index is 2.46. The molecule has 1 aromatic carbocycles. The van der Waals surface area contributed by atoms with Crippen LogP contribution in [0.5, 0.6) is 0 Å². The van der Waals surface area contributed by atoms with Crippen LogP contribution in [0, 0.1) is 0 Å². The van der Waals surface area contributed by atoms with Crippen LogP contribution in [0.3, 0.4) is 0 Å². The summed E-state index contributed by atoms with van der Waals surface area (Å²) in [5.74, 6) is -0.965. The van der Waals surface area contributed by atoms with Crippen molar-refractivity contribution in [3.05, 3.63) is 34.3 Å². The van der Waals surface area contributed by atoms with E-state index in [1.165, 1.54) is 0 Å². The maximum absolute atomic E-state index is 10.9. The summed E-state index contributed by atoms with van der Waals surface area (Å²) in [5.41, 5.74) is 1.68. The van der Waals surface area contributed by atoms with Gasteiger partial charge in [-0.05, 0) is 29.7 Å². The van der Waals surface area contributed by atoms with Crippen molar-refractivity contribution in [3.63, 3.8) is 0 Å². The minimum atomic E-state index is -0.965. The van der Waals surface area contributed by atoms with Gasteiger partial charge >= 0.3 is 5.97 Å². The molecule has 1 aliphatic heterocycles. The van der Waals surface area contributed by atoms with Gasteiger partial charge in [0.05, 0.1) is 6.61 Å². The third-order valence-corrected chi connectivity index (χ3v) is 2.51. The molecule has 0 amide bonds. The third kappa shape index (κ3) is 1.61. The molecule has 2 rings (SSSR count). The average Bonchev–Trinajstić information content (AvgIpc) is 2.16. The van der Waals surface area contributed by atoms with E-state index in [1.807, 2.05) is 6.07 Å². The number of ether oxygens (including phenoxy) is 1. The number of hydrogen-bond donors (Lipinski definition) is 1. The van der Waals surface area contributed by atoms with Crippen LogP contribution in [0.4, 0.5) is 0 Å². The Hall–Kier alpha value is -1.06. The van der Waals surface area contributed by atoms with Crippen molar-refractivity contribution in [2.45, 2.75) is 12.5 Å². The Morgan fingerprint density at radius 2 is 2.36 bits per heavy atom. The predicted molar refractivity (Wildman–Crippen MR) is 51.5 cm³/mol. The van der Waals surface area contributed by atoms with Crippen molar-refractivity contribution in [3.8, 4) is 0 Å². The molecule has 0 spiro atoms. The first kappa shape index (κ1) is 9.49. The van der Waals surface area contributed by atoms with Crippen molar-refractivity contribution in [2.75, 3.05) is 6.61 Å². The molecule has 1 unspecified atom stereocenters. The Labute approximate surface area is 86.3 Å². The lowest BCUT2D eigenvalue weighted by molar-refractivity contribution is -0.151. The first-order chi connectivity index (χ1) is 6.68. The van der Waals surface area contributed by atoms with Crippen molar-refractivity contribution in [2.24, 2.45) is 0 Å². The topological polar surface area (TPSA) is 46.5 Å². The number of carboxylic acid groups (broad SMARTS) is 1. The normalized spacial score (nSPS) is 20.2. The van der Waals surface area contributed by atoms with Crippen LogP contribution < -0.4 is 0 Å². The second-order valence-electron chi connectivity index (χ2n) is 3.18. The molecule has 0 saturated carbocycles. The Morgan fingerprint density at radius 1 is 1.57 bits per heavy atom. The van der Waals surface area contributed by atoms with E-state index >= 15 is 0 Å². The second kappa shape index (κ2) is 3.59. The van der Waals surface area contributed by atoms with Gasteiger partial charge in [-0.1, -0.05) is 17.7 Å². The van der Waals surface area contributed by atoms with Gasteiger partial charge in [-0.2, -0.15) is 0 Å². The highest BCUT2D eigenvalue weighted by Crippen LogP contribution is 2.29. The molecular formula is C10H9ClO3. The molecule has 4 heteroatoms. The van der Waals surface area contributed by atoms with Crippen molar-refractivity contribution < 1.29 is 14.6 Å². The number of carbonyl (C=O) groups is 1. The van der Waals surface area contributed by atoms with Gasteiger partial charge in [-0.15, -0.1) is 0 Å². The fraction of sp³-hybridized carbons (Fsp3) is 0.300. The highest BCUT2D eigenvalue weighted by Gasteiger charge is 2.26. The van der Waals surface area contributed by atoms with Crippen LogP contribution in [0.15, 0.2) is 18.2 Å². The molecule has 1 N–H and O–H groups in total. The number of fused-ring (bicyclic) bond motifs is 1. The fourth-order valence-corrected chi connectivity index (χ4v) is 1.80. The molecule has 14 heavy (non-hydrogen) atoms. The quantitative estimate of drug-likeness (QED) is 0.775. The number of hydrogen-bond acceptors (Lipinski definition) is 2. The standard InChI is InChI=1S/C10H9ClO3/c11-7-2-1-6-3-4-14-9(10(12)13)8(6)5-7/h1-2,5,9H,3-4H2,(H,12,13). The van der Waals surface area contributed by atoms with Gasteiger partial charge in [0.25, 0.3) is 0 Å². The molecule has 1 heterocycles. The second-order valence-corrected chi connectivity index (χ2v) is 3.62. The molecule has 74 valence electrons. The maximum atomic E-state index is 10.9. The lowest BCUT2D eigenvalue weighted by Gasteiger charge is -2.22. The fourth-order valence-electron chi connectivity index (χ4n) is 1.62. The van der Waals surface area contributed by atoms with E-state index in [0.29, 0.717) is 17.2 Å². The first-order valence-electron chi connectivity index (χ1n) is 4.31. The van der Waals surface area contributed by atoms with Crippen molar-refractivity contribution in [1.82, 2.24) is 0 Å². The Kier molecular flexibility index (Phi) is 2.44. The average molecular weight is 213 g/mol. The van der Waals surface area contributed by atoms with Gasteiger partial charge in [0.2, 0.25) is 0 Å². The van der Waals surface area contributed by atoms with E-state index < -0.39 is 12.1 Å². The van der Waals surface area contributed by atoms with Gasteiger partial charge in [0.1, 0.15) is 0 Å². The molecule has 1 aliphatic rings. The summed E-state index contributed by atoms with van der Waals surface area (Å²) in [6.45, 7) is 0.450. The molecule has 0 bridgehead atoms. The zero-order chi connectivity index (χ0) is 10.1. The zero-order valence-electron chi connectivity index (χ0n) is 7.37. The number of rotatable bonds is 1. The van der Waals surface area contributed by atoms with Crippen LogP contribution in [-0.4, -0.2) is 17.7 Å². The van der Waals surface area contributed by atoms with Gasteiger partial charge in [-0.3, -0.25) is 0 Å². The number of aliphatic carboxylic acids is 1. The Morgan fingerprint density at radius 3 is 3.07 bits per heavy atom. The van der Waals surface area contributed by atoms with Crippen molar-refractivity contribution >= 4 is 17.6 Å². The summed E-state index contributed by atoms with van der Waals surface area (Å²) < 4.78 is 5.16. The van der Waals surface area contributed by atoms with Crippen LogP contribution in [-0.2, 0) is 16.0 Å². The summed E-state index contributed by atoms with van der Waals surface area (Å²) in [5, 5.41) is 9.45.